The Morgan fingerprint density at radius 1 is 0.381 bits per heavy atom. The molecule has 5 heteroatoms. The Labute approximate surface area is 139 Å². The monoisotopic (exact) mass is 380 g/mol. The second-order valence-corrected chi connectivity index (χ2v) is 48.7. The molecule has 21 heavy (non-hydrogen) atoms. The standard InChI is InChI=1S/C16H36P4Si/c1-13(2,3)17-18(14(4,5)6)21(17)19(15(7,8)9)20(21)16(10,11)12/h1-12H3. The summed E-state index contributed by atoms with van der Waals surface area (Å²) < 4.78 is 0. The average molecular weight is 380 g/mol. The predicted molar refractivity (Wildman–Crippen MR) is 112 cm³/mol. The highest BCUT2D eigenvalue weighted by atomic mass is 32.9. The summed E-state index contributed by atoms with van der Waals surface area (Å²) in [7, 11) is 1.52. The Balaban J connectivity index is 2.49. The number of hydrogen-bond acceptors (Lipinski definition) is 0. The molecule has 2 saturated heterocycles. The van der Waals surface area contributed by atoms with Crippen LogP contribution in [0.1, 0.15) is 83.1 Å². The molecule has 1 spiro atoms. The molecule has 0 aromatic rings. The molecule has 4 atom stereocenters. The third kappa shape index (κ3) is 3.00. The highest BCUT2D eigenvalue weighted by Gasteiger charge is 2.92. The van der Waals surface area contributed by atoms with Gasteiger partial charge in [-0.05, 0) is 20.6 Å². The molecule has 0 nitrogen and oxygen atoms in total. The zero-order chi connectivity index (χ0) is 16.8. The van der Waals surface area contributed by atoms with Gasteiger partial charge in [0.2, 0.25) is 0 Å². The van der Waals surface area contributed by atoms with Gasteiger partial charge in [-0.1, -0.05) is 112 Å². The molecule has 2 aliphatic heterocycles. The van der Waals surface area contributed by atoms with E-state index < -0.39 is 6.74 Å². The molecule has 0 bridgehead atoms. The van der Waals surface area contributed by atoms with E-state index in [1.165, 1.54) is 0 Å². The summed E-state index contributed by atoms with van der Waals surface area (Å²) in [4.78, 5) is 0. The van der Waals surface area contributed by atoms with Crippen molar-refractivity contribution < 1.29 is 0 Å². The van der Waals surface area contributed by atoms with E-state index in [1.54, 1.807) is 0 Å². The molecule has 0 aromatic heterocycles. The summed E-state index contributed by atoms with van der Waals surface area (Å²) in [5.74, 6) is 0. The lowest BCUT2D eigenvalue weighted by atomic mass is 10.3. The summed E-state index contributed by atoms with van der Waals surface area (Å²) in [5.41, 5.74) is 0. The minimum atomic E-state index is -0.911. The van der Waals surface area contributed by atoms with Crippen LogP contribution in [-0.4, -0.2) is 27.4 Å². The van der Waals surface area contributed by atoms with Crippen molar-refractivity contribution in [3.63, 3.8) is 0 Å². The molecule has 0 saturated carbocycles. The molecule has 0 aliphatic carbocycles. The first-order valence-electron chi connectivity index (χ1n) is 8.19. The molecule has 4 unspecified atom stereocenters. The minimum Gasteiger partial charge on any atom is -0.0746 e. The van der Waals surface area contributed by atoms with Gasteiger partial charge in [0.25, 0.3) is 0 Å². The van der Waals surface area contributed by atoms with E-state index in [0.717, 1.165) is 0 Å². The van der Waals surface area contributed by atoms with Crippen LogP contribution in [0.2, 0.25) is 0 Å². The van der Waals surface area contributed by atoms with Crippen molar-refractivity contribution in [1.29, 1.82) is 0 Å². The summed E-state index contributed by atoms with van der Waals surface area (Å²) in [6.45, 7) is 30.0. The van der Waals surface area contributed by atoms with E-state index in [-0.39, 0.29) is 0 Å². The summed E-state index contributed by atoms with van der Waals surface area (Å²) in [5, 5.41) is 2.48. The van der Waals surface area contributed by atoms with Gasteiger partial charge in [-0.15, -0.1) is 0 Å². The van der Waals surface area contributed by atoms with Crippen LogP contribution in [0.5, 0.6) is 0 Å². The Kier molecular flexibility index (Phi) is 4.57. The Hall–Kier alpha value is 1.94. The number of rotatable bonds is 0. The van der Waals surface area contributed by atoms with Gasteiger partial charge in [0.05, 0.1) is 0 Å². The summed E-state index contributed by atoms with van der Waals surface area (Å²) in [6.07, 6.45) is 0. The summed E-state index contributed by atoms with van der Waals surface area (Å²) in [6, 6.07) is 0. The third-order valence-corrected chi connectivity index (χ3v) is 79.8. The van der Waals surface area contributed by atoms with Gasteiger partial charge >= 0.3 is 0 Å². The Morgan fingerprint density at radius 3 is 0.619 bits per heavy atom. The highest BCUT2D eigenvalue weighted by Crippen LogP contribution is 3.33. The van der Waals surface area contributed by atoms with Crippen molar-refractivity contribution >= 4 is 35.4 Å². The third-order valence-electron chi connectivity index (χ3n) is 4.00. The molecule has 124 valence electrons. The lowest BCUT2D eigenvalue weighted by molar-refractivity contribution is 0.788. The van der Waals surface area contributed by atoms with Gasteiger partial charge in [0.1, 0.15) is 0 Å². The van der Waals surface area contributed by atoms with Crippen molar-refractivity contribution in [2.75, 3.05) is 0 Å². The van der Waals surface area contributed by atoms with Crippen LogP contribution in [0.4, 0.5) is 0 Å². The zero-order valence-corrected chi connectivity index (χ0v) is 20.9. The van der Waals surface area contributed by atoms with E-state index in [9.17, 15) is 0 Å². The molecule has 2 rings (SSSR count). The zero-order valence-electron chi connectivity index (χ0n) is 16.3. The molecular weight excluding hydrogens is 344 g/mol. The van der Waals surface area contributed by atoms with Crippen molar-refractivity contribution in [1.82, 2.24) is 0 Å². The second kappa shape index (κ2) is 4.98. The maximum Gasteiger partial charge on any atom is 0.178 e. The lowest BCUT2D eigenvalue weighted by Crippen LogP contribution is -2.12. The first-order valence-corrected chi connectivity index (χ1v) is 20.3. The fourth-order valence-corrected chi connectivity index (χ4v) is 152. The molecular formula is C16H36P4Si. The molecule has 2 fully saturated rings. The average Bonchev–Trinajstić information content (AvgIpc) is 2.94. The van der Waals surface area contributed by atoms with E-state index in [4.69, 9.17) is 0 Å². The van der Waals surface area contributed by atoms with Gasteiger partial charge in [0.15, 0.2) is 6.74 Å². The van der Waals surface area contributed by atoms with Gasteiger partial charge in [0, 0.05) is 0 Å². The molecule has 0 aromatic carbocycles. The number of hydrogen-bond donors (Lipinski definition) is 0. The van der Waals surface area contributed by atoms with Gasteiger partial charge < -0.3 is 0 Å². The molecule has 0 N–H and O–H groups in total. The van der Waals surface area contributed by atoms with Crippen LogP contribution in [0.3, 0.4) is 0 Å². The predicted octanol–water partition coefficient (Wildman–Crippen LogP) is 8.40. The normalized spacial score (nSPS) is 40.6. The SMILES string of the molecule is CC(C)(C)P1P(C(C)(C)C)[Si]12P(C(C)(C)C)P2C(C)(C)C. The van der Waals surface area contributed by atoms with Crippen molar-refractivity contribution in [3.8, 4) is 0 Å². The molecule has 2 heterocycles. The minimum absolute atomic E-state index is 0.379. The quantitative estimate of drug-likeness (QED) is 0.292. The van der Waals surface area contributed by atoms with Gasteiger partial charge in [-0.25, -0.2) is 0 Å². The van der Waals surface area contributed by atoms with Crippen molar-refractivity contribution in [3.05, 3.63) is 0 Å². The van der Waals surface area contributed by atoms with Gasteiger partial charge in [-0.2, -0.15) is 0 Å². The molecule has 2 aliphatic rings. The van der Waals surface area contributed by atoms with E-state index >= 15 is 0 Å². The fraction of sp³-hybridized carbons (Fsp3) is 1.00. The fourth-order valence-electron chi connectivity index (χ4n) is 3.77. The van der Waals surface area contributed by atoms with Crippen LogP contribution in [0.15, 0.2) is 0 Å². The van der Waals surface area contributed by atoms with E-state index in [2.05, 4.69) is 83.1 Å². The lowest BCUT2D eigenvalue weighted by Gasteiger charge is -2.24. The topological polar surface area (TPSA) is 0 Å². The van der Waals surface area contributed by atoms with E-state index in [0.29, 0.717) is 49.3 Å². The Morgan fingerprint density at radius 2 is 0.524 bits per heavy atom. The molecule has 0 amide bonds. The Bertz CT molecular complexity index is 348. The maximum absolute atomic E-state index is 2.58. The second-order valence-electron chi connectivity index (χ2n) is 10.5. The first kappa shape index (κ1) is 19.3. The van der Waals surface area contributed by atoms with Crippen LogP contribution in [-0.2, 0) is 0 Å². The maximum atomic E-state index is 2.58. The van der Waals surface area contributed by atoms with Crippen LogP contribution in [0, 0.1) is 0 Å². The first-order chi connectivity index (χ1) is 8.98. The largest absolute Gasteiger partial charge is 0.178 e. The van der Waals surface area contributed by atoms with Gasteiger partial charge in [-0.3, -0.25) is 0 Å². The van der Waals surface area contributed by atoms with Crippen LogP contribution >= 0.6 is 28.6 Å². The van der Waals surface area contributed by atoms with Crippen LogP contribution < -0.4 is 0 Å². The van der Waals surface area contributed by atoms with E-state index in [1.807, 2.05) is 0 Å². The highest BCUT2D eigenvalue weighted by molar-refractivity contribution is 9.24. The smallest absolute Gasteiger partial charge is 0.0746 e. The summed E-state index contributed by atoms with van der Waals surface area (Å²) >= 11 is 0. The van der Waals surface area contributed by atoms with Crippen LogP contribution in [0.25, 0.3) is 0 Å². The van der Waals surface area contributed by atoms with Crippen molar-refractivity contribution in [2.24, 2.45) is 0 Å². The van der Waals surface area contributed by atoms with Crippen molar-refractivity contribution in [2.45, 2.75) is 104 Å². The molecule has 0 radical (unpaired) electrons.